The number of carbonyl (C=O) groups excluding carboxylic acids is 2. The molecular formula is C37H42ClN3O5S. The second-order valence-electron chi connectivity index (χ2n) is 12.0. The highest BCUT2D eigenvalue weighted by molar-refractivity contribution is 7.92. The summed E-state index contributed by atoms with van der Waals surface area (Å²) >= 11 is 6.37. The summed E-state index contributed by atoms with van der Waals surface area (Å²) in [5.74, 6) is -0.485. The van der Waals surface area contributed by atoms with Gasteiger partial charge in [-0.2, -0.15) is 0 Å². The average Bonchev–Trinajstić information content (AvgIpc) is 3.05. The number of halogens is 1. The summed E-state index contributed by atoms with van der Waals surface area (Å²) in [6.45, 7) is 7.71. The third-order valence-electron chi connectivity index (χ3n) is 7.73. The van der Waals surface area contributed by atoms with Crippen molar-refractivity contribution < 1.29 is 22.7 Å². The van der Waals surface area contributed by atoms with Gasteiger partial charge in [0.25, 0.3) is 10.0 Å². The second kappa shape index (κ2) is 16.0. The molecule has 1 atom stereocenters. The average molecular weight is 676 g/mol. The molecule has 248 valence electrons. The van der Waals surface area contributed by atoms with Gasteiger partial charge < -0.3 is 15.0 Å². The van der Waals surface area contributed by atoms with E-state index in [-0.39, 0.29) is 46.1 Å². The lowest BCUT2D eigenvalue weighted by atomic mass is 10.0. The highest BCUT2D eigenvalue weighted by Gasteiger charge is 2.35. The van der Waals surface area contributed by atoms with Gasteiger partial charge in [-0.25, -0.2) is 8.42 Å². The molecule has 0 fully saturated rings. The van der Waals surface area contributed by atoms with Crippen LogP contribution in [0.4, 0.5) is 5.69 Å². The molecule has 0 saturated heterocycles. The maximum absolute atomic E-state index is 14.7. The quantitative estimate of drug-likeness (QED) is 0.163. The Labute approximate surface area is 283 Å². The Bertz CT molecular complexity index is 1760. The minimum Gasteiger partial charge on any atom is -0.495 e. The molecule has 4 rings (SSSR count). The van der Waals surface area contributed by atoms with Crippen molar-refractivity contribution in [1.82, 2.24) is 10.2 Å². The first-order valence-electron chi connectivity index (χ1n) is 15.5. The lowest BCUT2D eigenvalue weighted by Gasteiger charge is -2.34. The number of anilines is 1. The summed E-state index contributed by atoms with van der Waals surface area (Å²) in [4.78, 5) is 30.0. The van der Waals surface area contributed by atoms with Crippen LogP contribution in [0.15, 0.2) is 102 Å². The van der Waals surface area contributed by atoms with Crippen LogP contribution in [0.5, 0.6) is 5.75 Å². The van der Waals surface area contributed by atoms with Gasteiger partial charge in [0.05, 0.1) is 17.7 Å². The molecule has 0 heterocycles. The number of amides is 2. The molecule has 10 heteroatoms. The maximum atomic E-state index is 14.7. The van der Waals surface area contributed by atoms with Crippen LogP contribution in [0.3, 0.4) is 0 Å². The summed E-state index contributed by atoms with van der Waals surface area (Å²) < 4.78 is 35.2. The molecule has 0 spiro atoms. The molecule has 1 N–H and O–H groups in total. The van der Waals surface area contributed by atoms with Crippen molar-refractivity contribution >= 4 is 39.1 Å². The van der Waals surface area contributed by atoms with Crippen LogP contribution in [0.2, 0.25) is 5.02 Å². The van der Waals surface area contributed by atoms with E-state index < -0.39 is 28.5 Å². The van der Waals surface area contributed by atoms with Crippen LogP contribution >= 0.6 is 11.6 Å². The molecule has 0 saturated carbocycles. The lowest BCUT2D eigenvalue weighted by Crippen LogP contribution is -2.53. The van der Waals surface area contributed by atoms with Crippen molar-refractivity contribution in [3.05, 3.63) is 124 Å². The Morgan fingerprint density at radius 1 is 0.851 bits per heavy atom. The third kappa shape index (κ3) is 9.36. The third-order valence-corrected chi connectivity index (χ3v) is 9.74. The van der Waals surface area contributed by atoms with Gasteiger partial charge in [-0.3, -0.25) is 13.9 Å². The Morgan fingerprint density at radius 3 is 2.06 bits per heavy atom. The fraction of sp³-hybridized carbons (Fsp3) is 0.297. The Kier molecular flexibility index (Phi) is 12.1. The summed E-state index contributed by atoms with van der Waals surface area (Å²) in [7, 11) is -2.89. The maximum Gasteiger partial charge on any atom is 0.264 e. The molecule has 4 aromatic carbocycles. The number of sulfonamides is 1. The molecule has 0 bridgehead atoms. The molecule has 0 aliphatic rings. The van der Waals surface area contributed by atoms with Crippen molar-refractivity contribution in [3.63, 3.8) is 0 Å². The van der Waals surface area contributed by atoms with Crippen molar-refractivity contribution in [2.24, 2.45) is 5.92 Å². The number of aryl methyl sites for hydroxylation is 2. The number of hydrogen-bond acceptors (Lipinski definition) is 5. The van der Waals surface area contributed by atoms with E-state index in [1.54, 1.807) is 24.3 Å². The molecule has 0 aliphatic carbocycles. The molecule has 47 heavy (non-hydrogen) atoms. The van der Waals surface area contributed by atoms with Crippen LogP contribution in [0.1, 0.15) is 36.1 Å². The SMILES string of the molecule is COc1ccc(Cl)cc1N(CC(=O)N(Cc1ccc(C)cc1)[C@@H](Cc1ccccc1)C(=O)NCC(C)C)S(=O)(=O)c1ccc(C)cc1. The second-order valence-corrected chi connectivity index (χ2v) is 14.3. The first kappa shape index (κ1) is 35.5. The number of ether oxygens (including phenoxy) is 1. The van der Waals surface area contributed by atoms with Gasteiger partial charge in [0, 0.05) is 24.5 Å². The van der Waals surface area contributed by atoms with Crippen LogP contribution in [-0.4, -0.2) is 51.4 Å². The number of methoxy groups -OCH3 is 1. The highest BCUT2D eigenvalue weighted by atomic mass is 35.5. The van der Waals surface area contributed by atoms with E-state index in [0.717, 1.165) is 26.6 Å². The largest absolute Gasteiger partial charge is 0.495 e. The van der Waals surface area contributed by atoms with E-state index in [9.17, 15) is 18.0 Å². The number of rotatable bonds is 14. The monoisotopic (exact) mass is 675 g/mol. The zero-order valence-electron chi connectivity index (χ0n) is 27.4. The van der Waals surface area contributed by atoms with Gasteiger partial charge in [0.2, 0.25) is 11.8 Å². The minimum absolute atomic E-state index is 0.00137. The van der Waals surface area contributed by atoms with Crippen LogP contribution in [-0.2, 0) is 32.6 Å². The van der Waals surface area contributed by atoms with E-state index in [1.807, 2.05) is 82.3 Å². The standard InChI is InChI=1S/C37H42ClN3O5S/c1-26(2)23-39-37(43)34(21-29-9-7-6-8-10-29)40(24-30-15-11-27(3)12-16-30)36(42)25-41(33-22-31(38)17-20-35(33)46-5)47(44,45)32-18-13-28(4)14-19-32/h6-20,22,26,34H,21,23-25H2,1-5H3,(H,39,43)/t34-/m0/s1. The Hall–Kier alpha value is -4.34. The zero-order chi connectivity index (χ0) is 34.1. The van der Waals surface area contributed by atoms with Gasteiger partial charge in [-0.15, -0.1) is 0 Å². The zero-order valence-corrected chi connectivity index (χ0v) is 29.0. The van der Waals surface area contributed by atoms with Crippen LogP contribution in [0.25, 0.3) is 0 Å². The number of nitrogens with one attached hydrogen (secondary N) is 1. The van der Waals surface area contributed by atoms with E-state index in [4.69, 9.17) is 16.3 Å². The van der Waals surface area contributed by atoms with Crippen LogP contribution in [0, 0.1) is 19.8 Å². The number of carbonyl (C=O) groups is 2. The predicted molar refractivity (Wildman–Crippen MR) is 187 cm³/mol. The molecular weight excluding hydrogens is 634 g/mol. The Morgan fingerprint density at radius 2 is 1.47 bits per heavy atom. The summed E-state index contributed by atoms with van der Waals surface area (Å²) in [5, 5.41) is 3.27. The highest BCUT2D eigenvalue weighted by Crippen LogP contribution is 2.35. The van der Waals surface area contributed by atoms with Gasteiger partial charge >= 0.3 is 0 Å². The van der Waals surface area contributed by atoms with E-state index >= 15 is 0 Å². The fourth-order valence-corrected chi connectivity index (χ4v) is 6.66. The molecule has 4 aromatic rings. The Balaban J connectivity index is 1.84. The summed E-state index contributed by atoms with van der Waals surface area (Å²) in [6.07, 6.45) is 0.230. The molecule has 0 aromatic heterocycles. The van der Waals surface area contributed by atoms with Crippen molar-refractivity contribution in [2.45, 2.75) is 51.6 Å². The van der Waals surface area contributed by atoms with E-state index in [1.165, 1.54) is 30.2 Å². The molecule has 2 amide bonds. The smallest absolute Gasteiger partial charge is 0.264 e. The molecule has 0 radical (unpaired) electrons. The topological polar surface area (TPSA) is 96.0 Å². The number of hydrogen-bond donors (Lipinski definition) is 1. The first-order chi connectivity index (χ1) is 22.4. The van der Waals surface area contributed by atoms with Crippen molar-refractivity contribution in [1.29, 1.82) is 0 Å². The van der Waals surface area contributed by atoms with E-state index in [0.29, 0.717) is 6.54 Å². The summed E-state index contributed by atoms with van der Waals surface area (Å²) in [5.41, 5.74) is 3.69. The van der Waals surface area contributed by atoms with Crippen LogP contribution < -0.4 is 14.4 Å². The van der Waals surface area contributed by atoms with Gasteiger partial charge in [0.1, 0.15) is 18.3 Å². The first-order valence-corrected chi connectivity index (χ1v) is 17.3. The predicted octanol–water partition coefficient (Wildman–Crippen LogP) is 6.57. The normalized spacial score (nSPS) is 12.0. The summed E-state index contributed by atoms with van der Waals surface area (Å²) in [6, 6.07) is 27.2. The number of nitrogens with zero attached hydrogens (tertiary/aromatic N) is 2. The fourth-order valence-electron chi connectivity index (χ4n) is 5.08. The minimum atomic E-state index is -4.31. The van der Waals surface area contributed by atoms with Crippen molar-refractivity contribution in [2.75, 3.05) is 24.5 Å². The molecule has 8 nitrogen and oxygen atoms in total. The van der Waals surface area contributed by atoms with Gasteiger partial charge in [-0.1, -0.05) is 103 Å². The number of benzene rings is 4. The van der Waals surface area contributed by atoms with Gasteiger partial charge in [-0.05, 0) is 61.2 Å². The molecule has 0 aliphatic heterocycles. The van der Waals surface area contributed by atoms with Crippen molar-refractivity contribution in [3.8, 4) is 5.75 Å². The lowest BCUT2D eigenvalue weighted by molar-refractivity contribution is -0.140. The molecule has 0 unspecified atom stereocenters. The van der Waals surface area contributed by atoms with E-state index in [2.05, 4.69) is 5.32 Å². The van der Waals surface area contributed by atoms with Gasteiger partial charge in [0.15, 0.2) is 0 Å².